The average Bonchev–Trinajstić information content (AvgIpc) is 2.95. The number of nitriles is 1. The Morgan fingerprint density at radius 1 is 1.07 bits per heavy atom. The van der Waals surface area contributed by atoms with Crippen molar-refractivity contribution in [2.24, 2.45) is 15.4 Å². The van der Waals surface area contributed by atoms with Crippen LogP contribution in [0.2, 0.25) is 0 Å². The summed E-state index contributed by atoms with van der Waals surface area (Å²) in [6.07, 6.45) is 0. The van der Waals surface area contributed by atoms with Crippen LogP contribution >= 0.6 is 11.3 Å². The van der Waals surface area contributed by atoms with E-state index in [9.17, 15) is 13.7 Å². The van der Waals surface area contributed by atoms with Gasteiger partial charge in [-0.25, -0.2) is 13.6 Å². The predicted molar refractivity (Wildman–Crippen MR) is 105 cm³/mol. The third kappa shape index (κ3) is 4.38. The van der Waals surface area contributed by atoms with Crippen LogP contribution in [0.25, 0.3) is 0 Å². The molecule has 0 aliphatic carbocycles. The van der Waals surface area contributed by atoms with Gasteiger partial charge >= 0.3 is 0 Å². The number of thiophene rings is 1. The molecule has 9 heteroatoms. The zero-order valence-electron chi connectivity index (χ0n) is 14.2. The summed E-state index contributed by atoms with van der Waals surface area (Å²) in [5.74, 6) is 0. The Labute approximate surface area is 160 Å². The normalized spacial score (nSPS) is 11.4. The van der Waals surface area contributed by atoms with Crippen molar-refractivity contribution in [2.75, 3.05) is 5.32 Å². The van der Waals surface area contributed by atoms with Crippen LogP contribution in [0.15, 0.2) is 69.7 Å². The molecular weight excluding hydrogens is 382 g/mol. The Kier molecular flexibility index (Phi) is 5.32. The Bertz CT molecular complexity index is 1130. The van der Waals surface area contributed by atoms with E-state index in [0.29, 0.717) is 21.3 Å². The van der Waals surface area contributed by atoms with Crippen molar-refractivity contribution in [1.82, 2.24) is 0 Å². The van der Waals surface area contributed by atoms with Gasteiger partial charge in [0.15, 0.2) is 0 Å². The predicted octanol–water partition coefficient (Wildman–Crippen LogP) is 4.73. The summed E-state index contributed by atoms with van der Waals surface area (Å²) in [5.41, 5.74) is 2.64. The highest BCUT2D eigenvalue weighted by Crippen LogP contribution is 2.41. The first-order chi connectivity index (χ1) is 12.9. The van der Waals surface area contributed by atoms with E-state index in [4.69, 9.17) is 5.14 Å². The van der Waals surface area contributed by atoms with E-state index < -0.39 is 10.0 Å². The lowest BCUT2D eigenvalue weighted by Gasteiger charge is -2.04. The molecule has 0 fully saturated rings. The van der Waals surface area contributed by atoms with Crippen LogP contribution in [0.4, 0.5) is 22.1 Å². The van der Waals surface area contributed by atoms with Gasteiger partial charge in [0.1, 0.15) is 21.6 Å². The molecule has 3 N–H and O–H groups in total. The lowest BCUT2D eigenvalue weighted by atomic mass is 10.2. The number of anilines is 2. The lowest BCUT2D eigenvalue weighted by Crippen LogP contribution is -2.11. The molecule has 3 aromatic rings. The number of para-hydroxylation sites is 1. The molecule has 1 heterocycles. The van der Waals surface area contributed by atoms with E-state index in [2.05, 4.69) is 21.6 Å². The maximum absolute atomic E-state index is 11.3. The van der Waals surface area contributed by atoms with Gasteiger partial charge in [-0.1, -0.05) is 18.2 Å². The van der Waals surface area contributed by atoms with E-state index in [1.54, 1.807) is 0 Å². The van der Waals surface area contributed by atoms with Crippen LogP contribution in [0.1, 0.15) is 10.4 Å². The molecule has 0 unspecified atom stereocenters. The second kappa shape index (κ2) is 7.67. The van der Waals surface area contributed by atoms with Crippen molar-refractivity contribution in [1.29, 1.82) is 5.26 Å². The summed E-state index contributed by atoms with van der Waals surface area (Å²) >= 11 is 1.30. The van der Waals surface area contributed by atoms with Crippen molar-refractivity contribution in [3.05, 3.63) is 65.0 Å². The first-order valence-electron chi connectivity index (χ1n) is 7.78. The van der Waals surface area contributed by atoms with Gasteiger partial charge in [0.25, 0.3) is 0 Å². The highest BCUT2D eigenvalue weighted by molar-refractivity contribution is 7.89. The minimum atomic E-state index is -3.75. The monoisotopic (exact) mass is 397 g/mol. The van der Waals surface area contributed by atoms with Crippen LogP contribution in [-0.4, -0.2) is 8.42 Å². The summed E-state index contributed by atoms with van der Waals surface area (Å²) in [4.78, 5) is 0.554. The third-order valence-corrected chi connectivity index (χ3v) is 5.71. The van der Waals surface area contributed by atoms with E-state index >= 15 is 0 Å². The van der Waals surface area contributed by atoms with Crippen molar-refractivity contribution in [2.45, 2.75) is 11.8 Å². The molecular formula is C18H15N5O2S2. The number of nitrogens with one attached hydrogen (secondary N) is 1. The van der Waals surface area contributed by atoms with Gasteiger partial charge in [-0.3, -0.25) is 0 Å². The largest absolute Gasteiger partial charge is 0.345 e. The first-order valence-corrected chi connectivity index (χ1v) is 10.1. The highest BCUT2D eigenvalue weighted by atomic mass is 32.2. The van der Waals surface area contributed by atoms with Crippen molar-refractivity contribution in [3.63, 3.8) is 0 Å². The zero-order chi connectivity index (χ0) is 19.4. The van der Waals surface area contributed by atoms with E-state index in [1.165, 1.54) is 35.6 Å². The molecule has 3 rings (SSSR count). The molecule has 0 bridgehead atoms. The van der Waals surface area contributed by atoms with Crippen molar-refractivity contribution >= 4 is 43.4 Å². The molecule has 7 nitrogen and oxygen atoms in total. The van der Waals surface area contributed by atoms with E-state index in [1.807, 2.05) is 37.3 Å². The van der Waals surface area contributed by atoms with Gasteiger partial charge in [0.2, 0.25) is 10.0 Å². The minimum absolute atomic E-state index is 0.00589. The topological polar surface area (TPSA) is 121 Å². The van der Waals surface area contributed by atoms with E-state index in [0.717, 1.165) is 11.3 Å². The summed E-state index contributed by atoms with van der Waals surface area (Å²) in [6, 6.07) is 17.5. The smallest absolute Gasteiger partial charge is 0.238 e. The first kappa shape index (κ1) is 18.7. The van der Waals surface area contributed by atoms with E-state index in [-0.39, 0.29) is 4.90 Å². The van der Waals surface area contributed by atoms with Gasteiger partial charge in [0.05, 0.1) is 10.6 Å². The SMILES string of the molecule is Cc1c(C#N)sc(Nc2ccccc2)c1N=Nc1ccc(S(N)(=O)=O)cc1. The second-order valence-electron chi connectivity index (χ2n) is 5.58. The van der Waals surface area contributed by atoms with Crippen LogP contribution in [-0.2, 0) is 10.0 Å². The lowest BCUT2D eigenvalue weighted by molar-refractivity contribution is 0.598. The maximum Gasteiger partial charge on any atom is 0.238 e. The van der Waals surface area contributed by atoms with Gasteiger partial charge < -0.3 is 5.32 Å². The zero-order valence-corrected chi connectivity index (χ0v) is 15.9. The van der Waals surface area contributed by atoms with Gasteiger partial charge in [-0.2, -0.15) is 10.4 Å². The fourth-order valence-corrected chi connectivity index (χ4v) is 3.75. The quantitative estimate of drug-likeness (QED) is 0.604. The number of primary sulfonamides is 1. The number of sulfonamides is 1. The minimum Gasteiger partial charge on any atom is -0.345 e. The van der Waals surface area contributed by atoms with Gasteiger partial charge in [0, 0.05) is 11.3 Å². The molecule has 1 aromatic heterocycles. The molecule has 0 saturated carbocycles. The Morgan fingerprint density at radius 3 is 2.33 bits per heavy atom. The number of rotatable bonds is 5. The third-order valence-electron chi connectivity index (χ3n) is 3.68. The van der Waals surface area contributed by atoms with Crippen LogP contribution < -0.4 is 10.5 Å². The number of benzene rings is 2. The summed E-state index contributed by atoms with van der Waals surface area (Å²) in [7, 11) is -3.75. The molecule has 0 amide bonds. The average molecular weight is 397 g/mol. The molecule has 0 radical (unpaired) electrons. The molecule has 0 spiro atoms. The standard InChI is InChI=1S/C18H15N5O2S2/c1-12-16(11-19)26-18(21-13-5-3-2-4-6-13)17(12)23-22-14-7-9-15(10-8-14)27(20,24)25/h2-10,21H,1H3,(H2,20,24,25). The second-order valence-corrected chi connectivity index (χ2v) is 8.16. The Morgan fingerprint density at radius 2 is 1.74 bits per heavy atom. The maximum atomic E-state index is 11.3. The molecule has 0 atom stereocenters. The molecule has 2 aromatic carbocycles. The number of hydrogen-bond acceptors (Lipinski definition) is 7. The molecule has 0 aliphatic heterocycles. The molecule has 0 aliphatic rings. The Balaban J connectivity index is 1.93. The molecule has 0 saturated heterocycles. The van der Waals surface area contributed by atoms with Crippen LogP contribution in [0.5, 0.6) is 0 Å². The van der Waals surface area contributed by atoms with Gasteiger partial charge in [-0.05, 0) is 43.3 Å². The molecule has 136 valence electrons. The number of hydrogen-bond donors (Lipinski definition) is 2. The van der Waals surface area contributed by atoms with Crippen molar-refractivity contribution in [3.8, 4) is 6.07 Å². The van der Waals surface area contributed by atoms with Crippen molar-refractivity contribution < 1.29 is 8.42 Å². The Hall–Kier alpha value is -3.06. The number of azo groups is 1. The highest BCUT2D eigenvalue weighted by Gasteiger charge is 2.15. The number of nitrogens with two attached hydrogens (primary N) is 1. The summed E-state index contributed by atoms with van der Waals surface area (Å²) < 4.78 is 22.6. The van der Waals surface area contributed by atoms with Crippen LogP contribution in [0, 0.1) is 18.3 Å². The van der Waals surface area contributed by atoms with Crippen LogP contribution in [0.3, 0.4) is 0 Å². The molecule has 27 heavy (non-hydrogen) atoms. The fourth-order valence-electron chi connectivity index (χ4n) is 2.28. The fraction of sp³-hybridized carbons (Fsp3) is 0.0556. The summed E-state index contributed by atoms with van der Waals surface area (Å²) in [5, 5.41) is 26.8. The summed E-state index contributed by atoms with van der Waals surface area (Å²) in [6.45, 7) is 1.81. The van der Waals surface area contributed by atoms with Gasteiger partial charge in [-0.15, -0.1) is 16.5 Å². The number of nitrogens with zero attached hydrogens (tertiary/aromatic N) is 3.